The highest BCUT2D eigenvalue weighted by molar-refractivity contribution is 5.83. The largest absolute Gasteiger partial charge is 0.352 e. The van der Waals surface area contributed by atoms with E-state index in [1.807, 2.05) is 18.1 Å². The maximum Gasteiger partial charge on any atom is 0.225 e. The van der Waals surface area contributed by atoms with E-state index < -0.39 is 0 Å². The standard InChI is InChI=1S/C18H27N5O3/c1-21-12-14(11-20-21)10-19-18(26)15-5-6-17(25)23(13-15)9-3-8-22-7-2-4-16(22)24/h11-12,15H,2-10,13H2,1H3,(H,19,26)/t15-/m1/s1. The molecule has 0 bridgehead atoms. The highest BCUT2D eigenvalue weighted by Crippen LogP contribution is 2.19. The highest BCUT2D eigenvalue weighted by Gasteiger charge is 2.30. The molecule has 0 spiro atoms. The second-order valence-electron chi connectivity index (χ2n) is 7.15. The van der Waals surface area contributed by atoms with Crippen LogP contribution in [0.1, 0.15) is 37.7 Å². The predicted octanol–water partition coefficient (Wildman–Crippen LogP) is 0.287. The van der Waals surface area contributed by atoms with Crippen LogP contribution in [0.3, 0.4) is 0 Å². The van der Waals surface area contributed by atoms with Crippen LogP contribution in [0.4, 0.5) is 0 Å². The molecule has 2 fully saturated rings. The van der Waals surface area contributed by atoms with Gasteiger partial charge in [0.15, 0.2) is 0 Å². The summed E-state index contributed by atoms with van der Waals surface area (Å²) in [6, 6.07) is 0. The fourth-order valence-corrected chi connectivity index (χ4v) is 3.63. The number of carbonyl (C=O) groups excluding carboxylic acids is 3. The molecule has 1 N–H and O–H groups in total. The lowest BCUT2D eigenvalue weighted by Crippen LogP contribution is -2.46. The molecular weight excluding hydrogens is 334 g/mol. The summed E-state index contributed by atoms with van der Waals surface area (Å²) in [4.78, 5) is 39.8. The first-order valence-electron chi connectivity index (χ1n) is 9.33. The molecule has 2 saturated heterocycles. The van der Waals surface area contributed by atoms with Crippen molar-refractivity contribution in [2.45, 2.75) is 38.6 Å². The highest BCUT2D eigenvalue weighted by atomic mass is 16.2. The molecule has 0 radical (unpaired) electrons. The third-order valence-corrected chi connectivity index (χ3v) is 5.12. The Labute approximate surface area is 153 Å². The van der Waals surface area contributed by atoms with Crippen molar-refractivity contribution in [3.8, 4) is 0 Å². The first-order valence-corrected chi connectivity index (χ1v) is 9.33. The van der Waals surface area contributed by atoms with Crippen LogP contribution in [0, 0.1) is 5.92 Å². The van der Waals surface area contributed by atoms with Gasteiger partial charge in [-0.2, -0.15) is 5.10 Å². The summed E-state index contributed by atoms with van der Waals surface area (Å²) >= 11 is 0. The monoisotopic (exact) mass is 361 g/mol. The van der Waals surface area contributed by atoms with Crippen LogP contribution in [-0.4, -0.2) is 63.5 Å². The van der Waals surface area contributed by atoms with E-state index in [0.717, 1.165) is 24.9 Å². The lowest BCUT2D eigenvalue weighted by atomic mass is 9.96. The lowest BCUT2D eigenvalue weighted by molar-refractivity contribution is -0.138. The molecule has 3 amide bonds. The molecule has 26 heavy (non-hydrogen) atoms. The lowest BCUT2D eigenvalue weighted by Gasteiger charge is -2.32. The molecule has 0 aliphatic carbocycles. The predicted molar refractivity (Wildman–Crippen MR) is 94.8 cm³/mol. The molecule has 8 heteroatoms. The maximum atomic E-state index is 12.4. The molecule has 2 aliphatic rings. The van der Waals surface area contributed by atoms with Crippen molar-refractivity contribution in [1.82, 2.24) is 24.9 Å². The van der Waals surface area contributed by atoms with E-state index in [4.69, 9.17) is 0 Å². The van der Waals surface area contributed by atoms with Crippen molar-refractivity contribution in [1.29, 1.82) is 0 Å². The van der Waals surface area contributed by atoms with Crippen LogP contribution in [0.2, 0.25) is 0 Å². The Kier molecular flexibility index (Phi) is 5.90. The summed E-state index contributed by atoms with van der Waals surface area (Å²) in [7, 11) is 1.84. The van der Waals surface area contributed by atoms with Gasteiger partial charge >= 0.3 is 0 Å². The van der Waals surface area contributed by atoms with E-state index >= 15 is 0 Å². The molecule has 0 unspecified atom stereocenters. The van der Waals surface area contributed by atoms with Crippen molar-refractivity contribution in [3.63, 3.8) is 0 Å². The average Bonchev–Trinajstić information content (AvgIpc) is 3.22. The number of amides is 3. The second kappa shape index (κ2) is 8.33. The number of carbonyl (C=O) groups is 3. The Morgan fingerprint density at radius 1 is 1.23 bits per heavy atom. The van der Waals surface area contributed by atoms with Crippen LogP contribution in [0.5, 0.6) is 0 Å². The summed E-state index contributed by atoms with van der Waals surface area (Å²) < 4.78 is 1.70. The van der Waals surface area contributed by atoms with Gasteiger partial charge in [0.05, 0.1) is 12.1 Å². The second-order valence-corrected chi connectivity index (χ2v) is 7.15. The van der Waals surface area contributed by atoms with Gasteiger partial charge in [0, 0.05) is 64.4 Å². The molecule has 3 heterocycles. The molecule has 2 aliphatic heterocycles. The van der Waals surface area contributed by atoms with Gasteiger partial charge in [-0.1, -0.05) is 0 Å². The number of nitrogens with zero attached hydrogens (tertiary/aromatic N) is 4. The minimum atomic E-state index is -0.169. The molecule has 142 valence electrons. The Morgan fingerprint density at radius 2 is 2.00 bits per heavy atom. The molecule has 3 rings (SSSR count). The third-order valence-electron chi connectivity index (χ3n) is 5.12. The summed E-state index contributed by atoms with van der Waals surface area (Å²) in [5, 5.41) is 7.03. The van der Waals surface area contributed by atoms with Gasteiger partial charge in [-0.25, -0.2) is 0 Å². The van der Waals surface area contributed by atoms with Crippen molar-refractivity contribution in [3.05, 3.63) is 18.0 Å². The Bertz CT molecular complexity index is 672. The minimum absolute atomic E-state index is 0.0129. The van der Waals surface area contributed by atoms with Gasteiger partial charge in [-0.15, -0.1) is 0 Å². The van der Waals surface area contributed by atoms with Crippen molar-refractivity contribution in [2.24, 2.45) is 13.0 Å². The van der Waals surface area contributed by atoms with Crippen molar-refractivity contribution >= 4 is 17.7 Å². The van der Waals surface area contributed by atoms with Gasteiger partial charge in [0.25, 0.3) is 0 Å². The molecule has 1 atom stereocenters. The minimum Gasteiger partial charge on any atom is -0.352 e. The molecule has 0 aromatic carbocycles. The van der Waals surface area contributed by atoms with E-state index in [1.54, 1.807) is 15.8 Å². The molecule has 8 nitrogen and oxygen atoms in total. The van der Waals surface area contributed by atoms with Gasteiger partial charge in [0.1, 0.15) is 0 Å². The fourth-order valence-electron chi connectivity index (χ4n) is 3.63. The van der Waals surface area contributed by atoms with E-state index in [-0.39, 0.29) is 23.6 Å². The number of aromatic nitrogens is 2. The number of aryl methyl sites for hydroxylation is 1. The first kappa shape index (κ1) is 18.4. The normalized spacial score (nSPS) is 20.7. The van der Waals surface area contributed by atoms with Crippen LogP contribution in [-0.2, 0) is 28.0 Å². The Hall–Kier alpha value is -2.38. The Balaban J connectivity index is 1.43. The number of nitrogens with one attached hydrogen (secondary N) is 1. The van der Waals surface area contributed by atoms with E-state index in [1.165, 1.54) is 0 Å². The van der Waals surface area contributed by atoms with Gasteiger partial charge in [-0.3, -0.25) is 19.1 Å². The summed E-state index contributed by atoms with van der Waals surface area (Å²) in [6.07, 6.45) is 6.95. The van der Waals surface area contributed by atoms with Gasteiger partial charge < -0.3 is 15.1 Å². The van der Waals surface area contributed by atoms with Crippen LogP contribution < -0.4 is 5.32 Å². The van der Waals surface area contributed by atoms with E-state index in [0.29, 0.717) is 45.4 Å². The van der Waals surface area contributed by atoms with Crippen LogP contribution >= 0.6 is 0 Å². The smallest absolute Gasteiger partial charge is 0.225 e. The summed E-state index contributed by atoms with van der Waals surface area (Å²) in [5.74, 6) is 0.135. The van der Waals surface area contributed by atoms with Crippen LogP contribution in [0.15, 0.2) is 12.4 Å². The zero-order valence-corrected chi connectivity index (χ0v) is 15.3. The van der Waals surface area contributed by atoms with Crippen LogP contribution in [0.25, 0.3) is 0 Å². The zero-order valence-electron chi connectivity index (χ0n) is 15.3. The zero-order chi connectivity index (χ0) is 18.5. The number of hydrogen-bond donors (Lipinski definition) is 1. The summed E-state index contributed by atoms with van der Waals surface area (Å²) in [6.45, 7) is 3.04. The number of piperidine rings is 1. The SMILES string of the molecule is Cn1cc(CNC(=O)[C@@H]2CCC(=O)N(CCCN3CCCC3=O)C2)cn1. The van der Waals surface area contributed by atoms with E-state index in [2.05, 4.69) is 10.4 Å². The average molecular weight is 361 g/mol. The van der Waals surface area contributed by atoms with Gasteiger partial charge in [0.2, 0.25) is 17.7 Å². The number of rotatable bonds is 7. The maximum absolute atomic E-state index is 12.4. The fraction of sp³-hybridized carbons (Fsp3) is 0.667. The molecular formula is C18H27N5O3. The number of likely N-dealkylation sites (tertiary alicyclic amines) is 2. The third kappa shape index (κ3) is 4.62. The quantitative estimate of drug-likeness (QED) is 0.756. The first-order chi connectivity index (χ1) is 12.5. The van der Waals surface area contributed by atoms with E-state index in [9.17, 15) is 14.4 Å². The molecule has 1 aromatic rings. The van der Waals surface area contributed by atoms with Crippen molar-refractivity contribution in [2.75, 3.05) is 26.2 Å². The van der Waals surface area contributed by atoms with Crippen molar-refractivity contribution < 1.29 is 14.4 Å². The van der Waals surface area contributed by atoms with Gasteiger partial charge in [-0.05, 0) is 19.3 Å². The molecule has 1 aromatic heterocycles. The Morgan fingerprint density at radius 3 is 2.69 bits per heavy atom. The summed E-state index contributed by atoms with van der Waals surface area (Å²) in [5.41, 5.74) is 0.958. The molecule has 0 saturated carbocycles. The number of hydrogen-bond acceptors (Lipinski definition) is 4. The topological polar surface area (TPSA) is 87.5 Å².